The second-order valence-corrected chi connectivity index (χ2v) is 5.86. The monoisotopic (exact) mass is 338 g/mol. The fourth-order valence-corrected chi connectivity index (χ4v) is 2.95. The van der Waals surface area contributed by atoms with Crippen LogP contribution in [0.1, 0.15) is 34.6 Å². The van der Waals surface area contributed by atoms with Gasteiger partial charge in [-0.25, -0.2) is 4.90 Å². The molecule has 0 N–H and O–H groups in total. The minimum atomic E-state index is -0.282. The van der Waals surface area contributed by atoms with Crippen molar-refractivity contribution in [3.05, 3.63) is 59.7 Å². The van der Waals surface area contributed by atoms with Crippen molar-refractivity contribution in [1.29, 1.82) is 0 Å². The molecule has 130 valence electrons. The molecule has 0 unspecified atom stereocenters. The molecule has 0 aromatic heterocycles. The molecule has 0 saturated carbocycles. The molecule has 0 saturated heterocycles. The van der Waals surface area contributed by atoms with E-state index in [-0.39, 0.29) is 11.8 Å². The first-order valence-electron chi connectivity index (χ1n) is 8.58. The van der Waals surface area contributed by atoms with Gasteiger partial charge in [-0.2, -0.15) is 0 Å². The maximum Gasteiger partial charge on any atom is 0.266 e. The Hall–Kier alpha value is -2.66. The number of amides is 2. The van der Waals surface area contributed by atoms with Gasteiger partial charge in [0.1, 0.15) is 12.4 Å². The SMILES string of the molecule is CCN(CC)CCOc1ccc(N2C(=O)c3ccccc3C2=O)cc1. The number of hydrogen-bond acceptors (Lipinski definition) is 4. The Labute approximate surface area is 147 Å². The fourth-order valence-electron chi connectivity index (χ4n) is 2.95. The lowest BCUT2D eigenvalue weighted by Gasteiger charge is -2.18. The topological polar surface area (TPSA) is 49.9 Å². The molecular weight excluding hydrogens is 316 g/mol. The van der Waals surface area contributed by atoms with E-state index in [1.165, 1.54) is 4.90 Å². The van der Waals surface area contributed by atoms with Gasteiger partial charge < -0.3 is 9.64 Å². The molecule has 0 radical (unpaired) electrons. The van der Waals surface area contributed by atoms with Crippen LogP contribution in [0.2, 0.25) is 0 Å². The number of nitrogens with zero attached hydrogens (tertiary/aromatic N) is 2. The highest BCUT2D eigenvalue weighted by Crippen LogP contribution is 2.29. The third kappa shape index (κ3) is 3.42. The third-order valence-electron chi connectivity index (χ3n) is 4.46. The number of anilines is 1. The van der Waals surface area contributed by atoms with Crippen molar-refractivity contribution < 1.29 is 14.3 Å². The lowest BCUT2D eigenvalue weighted by atomic mass is 10.1. The van der Waals surface area contributed by atoms with Gasteiger partial charge >= 0.3 is 0 Å². The average Bonchev–Trinajstić information content (AvgIpc) is 2.91. The minimum Gasteiger partial charge on any atom is -0.492 e. The molecule has 0 spiro atoms. The molecule has 0 atom stereocenters. The molecule has 2 aromatic rings. The van der Waals surface area contributed by atoms with Gasteiger partial charge in [0.25, 0.3) is 11.8 Å². The van der Waals surface area contributed by atoms with E-state index in [1.54, 1.807) is 48.5 Å². The summed E-state index contributed by atoms with van der Waals surface area (Å²) in [6, 6.07) is 14.0. The van der Waals surface area contributed by atoms with Crippen molar-refractivity contribution in [3.63, 3.8) is 0 Å². The van der Waals surface area contributed by atoms with Gasteiger partial charge in [0.05, 0.1) is 16.8 Å². The second-order valence-electron chi connectivity index (χ2n) is 5.86. The predicted octanol–water partition coefficient (Wildman–Crippen LogP) is 3.21. The van der Waals surface area contributed by atoms with E-state index in [1.807, 2.05) is 0 Å². The average molecular weight is 338 g/mol. The highest BCUT2D eigenvalue weighted by Gasteiger charge is 2.36. The fraction of sp³-hybridized carbons (Fsp3) is 0.300. The Morgan fingerprint density at radius 2 is 1.44 bits per heavy atom. The van der Waals surface area contributed by atoms with Gasteiger partial charge in [-0.15, -0.1) is 0 Å². The molecule has 0 bridgehead atoms. The van der Waals surface area contributed by atoms with Gasteiger partial charge in [-0.3, -0.25) is 9.59 Å². The summed E-state index contributed by atoms with van der Waals surface area (Å²) in [6.45, 7) is 7.72. The molecule has 0 fully saturated rings. The summed E-state index contributed by atoms with van der Waals surface area (Å²) in [5.74, 6) is 0.166. The van der Waals surface area contributed by atoms with Crippen molar-refractivity contribution in [1.82, 2.24) is 4.90 Å². The van der Waals surface area contributed by atoms with E-state index in [2.05, 4.69) is 18.7 Å². The van der Waals surface area contributed by atoms with Gasteiger partial charge in [-0.05, 0) is 49.5 Å². The zero-order chi connectivity index (χ0) is 17.8. The van der Waals surface area contributed by atoms with E-state index in [4.69, 9.17) is 4.74 Å². The van der Waals surface area contributed by atoms with Crippen LogP contribution in [0.15, 0.2) is 48.5 Å². The number of carbonyl (C=O) groups is 2. The summed E-state index contributed by atoms with van der Waals surface area (Å²) < 4.78 is 5.74. The predicted molar refractivity (Wildman–Crippen MR) is 97.3 cm³/mol. The molecular formula is C20H22N2O3. The minimum absolute atomic E-state index is 0.282. The smallest absolute Gasteiger partial charge is 0.266 e. The van der Waals surface area contributed by atoms with E-state index in [0.29, 0.717) is 23.4 Å². The van der Waals surface area contributed by atoms with Crippen molar-refractivity contribution in [2.24, 2.45) is 0 Å². The Balaban J connectivity index is 1.67. The van der Waals surface area contributed by atoms with Gasteiger partial charge in [-0.1, -0.05) is 26.0 Å². The molecule has 2 amide bonds. The van der Waals surface area contributed by atoms with Crippen LogP contribution in [-0.2, 0) is 0 Å². The van der Waals surface area contributed by atoms with E-state index in [9.17, 15) is 9.59 Å². The molecule has 1 heterocycles. The Morgan fingerprint density at radius 1 is 0.880 bits per heavy atom. The maximum atomic E-state index is 12.5. The Morgan fingerprint density at radius 3 is 1.96 bits per heavy atom. The number of ether oxygens (including phenoxy) is 1. The standard InChI is InChI=1S/C20H22N2O3/c1-3-21(4-2)13-14-25-16-11-9-15(10-12-16)22-19(23)17-7-5-6-8-18(17)20(22)24/h5-12H,3-4,13-14H2,1-2H3. The quantitative estimate of drug-likeness (QED) is 0.728. The molecule has 5 heteroatoms. The van der Waals surface area contributed by atoms with E-state index < -0.39 is 0 Å². The summed E-state index contributed by atoms with van der Waals surface area (Å²) in [5, 5.41) is 0. The first-order chi connectivity index (χ1) is 12.2. The summed E-state index contributed by atoms with van der Waals surface area (Å²) in [4.78, 5) is 28.4. The third-order valence-corrected chi connectivity index (χ3v) is 4.46. The van der Waals surface area contributed by atoms with Crippen LogP contribution >= 0.6 is 0 Å². The molecule has 1 aliphatic heterocycles. The number of benzene rings is 2. The first kappa shape index (κ1) is 17.2. The van der Waals surface area contributed by atoms with Gasteiger partial charge in [0.2, 0.25) is 0 Å². The molecule has 3 rings (SSSR count). The van der Waals surface area contributed by atoms with E-state index in [0.717, 1.165) is 25.4 Å². The molecule has 5 nitrogen and oxygen atoms in total. The number of rotatable bonds is 7. The number of likely N-dealkylation sites (N-methyl/N-ethyl adjacent to an activating group) is 1. The summed E-state index contributed by atoms with van der Waals surface area (Å²) in [5.41, 5.74) is 1.46. The summed E-state index contributed by atoms with van der Waals surface area (Å²) >= 11 is 0. The van der Waals surface area contributed by atoms with Crippen LogP contribution in [0.5, 0.6) is 5.75 Å². The zero-order valence-corrected chi connectivity index (χ0v) is 14.6. The van der Waals surface area contributed by atoms with Crippen LogP contribution in [0.3, 0.4) is 0 Å². The molecule has 25 heavy (non-hydrogen) atoms. The number of imide groups is 1. The van der Waals surface area contributed by atoms with Crippen LogP contribution in [0.4, 0.5) is 5.69 Å². The normalized spacial score (nSPS) is 13.5. The number of hydrogen-bond donors (Lipinski definition) is 0. The van der Waals surface area contributed by atoms with Crippen molar-refractivity contribution in [2.45, 2.75) is 13.8 Å². The first-order valence-corrected chi connectivity index (χ1v) is 8.58. The van der Waals surface area contributed by atoms with Gasteiger partial charge in [0, 0.05) is 6.54 Å². The van der Waals surface area contributed by atoms with Crippen molar-refractivity contribution in [2.75, 3.05) is 31.1 Å². The molecule has 2 aromatic carbocycles. The second kappa shape index (κ2) is 7.49. The summed E-state index contributed by atoms with van der Waals surface area (Å²) in [7, 11) is 0. The van der Waals surface area contributed by atoms with Crippen LogP contribution in [0.25, 0.3) is 0 Å². The lowest BCUT2D eigenvalue weighted by Crippen LogP contribution is -2.29. The zero-order valence-electron chi connectivity index (χ0n) is 14.6. The van der Waals surface area contributed by atoms with E-state index >= 15 is 0 Å². The Bertz CT molecular complexity index is 732. The van der Waals surface area contributed by atoms with Crippen LogP contribution in [0, 0.1) is 0 Å². The van der Waals surface area contributed by atoms with Crippen LogP contribution < -0.4 is 9.64 Å². The molecule has 0 aliphatic carbocycles. The lowest BCUT2D eigenvalue weighted by molar-refractivity contribution is 0.0926. The highest BCUT2D eigenvalue weighted by atomic mass is 16.5. The maximum absolute atomic E-state index is 12.5. The highest BCUT2D eigenvalue weighted by molar-refractivity contribution is 6.34. The Kier molecular flexibility index (Phi) is 5.14. The number of fused-ring (bicyclic) bond motifs is 1. The summed E-state index contributed by atoms with van der Waals surface area (Å²) in [6.07, 6.45) is 0. The molecule has 1 aliphatic rings. The van der Waals surface area contributed by atoms with Gasteiger partial charge in [0.15, 0.2) is 0 Å². The van der Waals surface area contributed by atoms with Crippen molar-refractivity contribution in [3.8, 4) is 5.75 Å². The largest absolute Gasteiger partial charge is 0.492 e. The van der Waals surface area contributed by atoms with Crippen molar-refractivity contribution >= 4 is 17.5 Å². The van der Waals surface area contributed by atoms with Crippen LogP contribution in [-0.4, -0.2) is 43.0 Å². The number of carbonyl (C=O) groups excluding carboxylic acids is 2.